The summed E-state index contributed by atoms with van der Waals surface area (Å²) in [6.45, 7) is 4.20. The summed E-state index contributed by atoms with van der Waals surface area (Å²) in [5.41, 5.74) is 0.580. The van der Waals surface area contributed by atoms with Crippen LogP contribution in [0.5, 0.6) is 0 Å². The minimum Gasteiger partial charge on any atom is -0.443 e. The van der Waals surface area contributed by atoms with E-state index in [9.17, 15) is 13.5 Å². The van der Waals surface area contributed by atoms with Crippen molar-refractivity contribution in [1.29, 1.82) is 0 Å². The minimum atomic E-state index is -3.61. The van der Waals surface area contributed by atoms with Crippen molar-refractivity contribution in [2.75, 3.05) is 32.8 Å². The molecule has 126 valence electrons. The molecule has 1 saturated heterocycles. The summed E-state index contributed by atoms with van der Waals surface area (Å²) in [4.78, 5) is 2.14. The summed E-state index contributed by atoms with van der Waals surface area (Å²) in [5, 5.41) is 10.2. The van der Waals surface area contributed by atoms with Crippen molar-refractivity contribution in [3.63, 3.8) is 0 Å². The van der Waals surface area contributed by atoms with Gasteiger partial charge in [-0.05, 0) is 12.5 Å². The quantitative estimate of drug-likeness (QED) is 0.894. The fraction of sp³-hybridized carbons (Fsp3) is 0.500. The SMILES string of the molecule is CC[C@@H](CO)N1CCN(S(=O)(=O)c2cc3ccccc3o2)CC1. The zero-order valence-electron chi connectivity index (χ0n) is 13.2. The first-order chi connectivity index (χ1) is 11.1. The highest BCUT2D eigenvalue weighted by Gasteiger charge is 2.32. The highest BCUT2D eigenvalue weighted by Crippen LogP contribution is 2.26. The van der Waals surface area contributed by atoms with Gasteiger partial charge in [-0.15, -0.1) is 0 Å². The van der Waals surface area contributed by atoms with E-state index in [1.807, 2.05) is 25.1 Å². The zero-order valence-corrected chi connectivity index (χ0v) is 14.0. The number of hydrogen-bond acceptors (Lipinski definition) is 5. The Hall–Kier alpha value is -1.41. The molecule has 6 nitrogen and oxygen atoms in total. The molecule has 0 radical (unpaired) electrons. The third-order valence-corrected chi connectivity index (χ3v) is 6.22. The third kappa shape index (κ3) is 3.14. The van der Waals surface area contributed by atoms with Crippen molar-refractivity contribution >= 4 is 21.0 Å². The molecule has 1 aromatic carbocycles. The van der Waals surface area contributed by atoms with Crippen LogP contribution in [0.2, 0.25) is 0 Å². The van der Waals surface area contributed by atoms with E-state index in [1.54, 1.807) is 12.1 Å². The lowest BCUT2D eigenvalue weighted by Crippen LogP contribution is -2.52. The molecule has 1 atom stereocenters. The molecular weight excluding hydrogens is 316 g/mol. The number of sulfonamides is 1. The van der Waals surface area contributed by atoms with Crippen molar-refractivity contribution < 1.29 is 17.9 Å². The predicted molar refractivity (Wildman–Crippen MR) is 87.7 cm³/mol. The molecule has 0 saturated carbocycles. The second-order valence-corrected chi connectivity index (χ2v) is 7.66. The van der Waals surface area contributed by atoms with E-state index in [4.69, 9.17) is 4.42 Å². The topological polar surface area (TPSA) is 74.0 Å². The van der Waals surface area contributed by atoms with Crippen LogP contribution in [0.25, 0.3) is 11.0 Å². The van der Waals surface area contributed by atoms with Gasteiger partial charge in [-0.3, -0.25) is 4.90 Å². The molecule has 2 heterocycles. The number of furan rings is 1. The van der Waals surface area contributed by atoms with Gasteiger partial charge in [-0.2, -0.15) is 4.31 Å². The Bertz CT molecular complexity index is 726. The number of fused-ring (bicyclic) bond motifs is 1. The van der Waals surface area contributed by atoms with Gasteiger partial charge in [0, 0.05) is 43.7 Å². The van der Waals surface area contributed by atoms with Crippen molar-refractivity contribution in [3.05, 3.63) is 30.3 Å². The van der Waals surface area contributed by atoms with Crippen LogP contribution in [0.1, 0.15) is 13.3 Å². The smallest absolute Gasteiger partial charge is 0.276 e. The molecule has 1 aliphatic rings. The maximum absolute atomic E-state index is 12.7. The van der Waals surface area contributed by atoms with Gasteiger partial charge < -0.3 is 9.52 Å². The first-order valence-corrected chi connectivity index (χ1v) is 9.34. The summed E-state index contributed by atoms with van der Waals surface area (Å²) in [6, 6.07) is 8.96. The average Bonchev–Trinajstić information content (AvgIpc) is 3.01. The normalized spacial score (nSPS) is 19.2. The number of piperazine rings is 1. The lowest BCUT2D eigenvalue weighted by Gasteiger charge is -2.37. The van der Waals surface area contributed by atoms with Crippen molar-refractivity contribution in [3.8, 4) is 0 Å². The summed E-state index contributed by atoms with van der Waals surface area (Å²) in [7, 11) is -3.61. The van der Waals surface area contributed by atoms with Crippen LogP contribution >= 0.6 is 0 Å². The Morgan fingerprint density at radius 2 is 1.91 bits per heavy atom. The van der Waals surface area contributed by atoms with Crippen LogP contribution in [0.15, 0.2) is 39.8 Å². The van der Waals surface area contributed by atoms with Crippen LogP contribution < -0.4 is 0 Å². The number of para-hydroxylation sites is 1. The molecule has 1 N–H and O–H groups in total. The van der Waals surface area contributed by atoms with Crippen LogP contribution in [-0.4, -0.2) is 61.6 Å². The molecule has 0 unspecified atom stereocenters. The number of aliphatic hydroxyl groups is 1. The highest BCUT2D eigenvalue weighted by atomic mass is 32.2. The second kappa shape index (κ2) is 6.60. The van der Waals surface area contributed by atoms with Crippen molar-refractivity contribution in [1.82, 2.24) is 9.21 Å². The van der Waals surface area contributed by atoms with Gasteiger partial charge in [0.25, 0.3) is 10.0 Å². The Kier molecular flexibility index (Phi) is 4.72. The molecule has 1 fully saturated rings. The van der Waals surface area contributed by atoms with Gasteiger partial charge in [-0.25, -0.2) is 8.42 Å². The number of rotatable bonds is 5. The third-order valence-electron chi connectivity index (χ3n) is 4.47. The summed E-state index contributed by atoms with van der Waals surface area (Å²) >= 11 is 0. The van der Waals surface area contributed by atoms with Gasteiger partial charge in [0.2, 0.25) is 5.09 Å². The molecule has 0 bridgehead atoms. The van der Waals surface area contributed by atoms with E-state index in [-0.39, 0.29) is 17.7 Å². The fourth-order valence-corrected chi connectivity index (χ4v) is 4.39. The molecule has 23 heavy (non-hydrogen) atoms. The Balaban J connectivity index is 1.76. The van der Waals surface area contributed by atoms with Crippen LogP contribution in [-0.2, 0) is 10.0 Å². The Morgan fingerprint density at radius 3 is 2.52 bits per heavy atom. The molecular formula is C16H22N2O4S. The van der Waals surface area contributed by atoms with E-state index in [2.05, 4.69) is 4.90 Å². The predicted octanol–water partition coefficient (Wildman–Crippen LogP) is 1.51. The van der Waals surface area contributed by atoms with Gasteiger partial charge in [0.1, 0.15) is 5.58 Å². The Morgan fingerprint density at radius 1 is 1.22 bits per heavy atom. The Labute approximate surface area is 136 Å². The maximum Gasteiger partial charge on any atom is 0.276 e. The van der Waals surface area contributed by atoms with E-state index < -0.39 is 10.0 Å². The van der Waals surface area contributed by atoms with Crippen LogP contribution in [0.3, 0.4) is 0 Å². The van der Waals surface area contributed by atoms with Crippen molar-refractivity contribution in [2.45, 2.75) is 24.5 Å². The number of benzene rings is 1. The van der Waals surface area contributed by atoms with Gasteiger partial charge in [-0.1, -0.05) is 25.1 Å². The van der Waals surface area contributed by atoms with Gasteiger partial charge in [0.15, 0.2) is 0 Å². The first kappa shape index (κ1) is 16.4. The second-order valence-electron chi connectivity index (χ2n) is 5.79. The molecule has 3 rings (SSSR count). The minimum absolute atomic E-state index is 0.00125. The number of aliphatic hydroxyl groups excluding tert-OH is 1. The van der Waals surface area contributed by atoms with Crippen molar-refractivity contribution in [2.24, 2.45) is 0 Å². The fourth-order valence-electron chi connectivity index (χ4n) is 3.02. The summed E-state index contributed by atoms with van der Waals surface area (Å²) < 4.78 is 32.5. The molecule has 2 aromatic rings. The monoisotopic (exact) mass is 338 g/mol. The highest BCUT2D eigenvalue weighted by molar-refractivity contribution is 7.89. The molecule has 1 aromatic heterocycles. The number of hydrogen-bond donors (Lipinski definition) is 1. The zero-order chi connectivity index (χ0) is 16.4. The number of nitrogens with zero attached hydrogens (tertiary/aromatic N) is 2. The van der Waals surface area contributed by atoms with Gasteiger partial charge in [0.05, 0.1) is 6.61 Å². The van der Waals surface area contributed by atoms with E-state index >= 15 is 0 Å². The van der Waals surface area contributed by atoms with E-state index in [0.29, 0.717) is 31.8 Å². The van der Waals surface area contributed by atoms with Crippen LogP contribution in [0, 0.1) is 0 Å². The van der Waals surface area contributed by atoms with E-state index in [0.717, 1.165) is 11.8 Å². The lowest BCUT2D eigenvalue weighted by atomic mass is 10.2. The molecule has 0 aliphatic carbocycles. The molecule has 1 aliphatic heterocycles. The molecule has 0 spiro atoms. The maximum atomic E-state index is 12.7. The lowest BCUT2D eigenvalue weighted by molar-refractivity contribution is 0.0877. The summed E-state index contributed by atoms with van der Waals surface area (Å²) in [6.07, 6.45) is 0.854. The standard InChI is InChI=1S/C16H22N2O4S/c1-2-14(12-19)17-7-9-18(10-8-17)23(20,21)16-11-13-5-3-4-6-15(13)22-16/h3-6,11,14,19H,2,7-10,12H2,1H3/t14-/m0/s1. The van der Waals surface area contributed by atoms with Gasteiger partial charge >= 0.3 is 0 Å². The first-order valence-electron chi connectivity index (χ1n) is 7.90. The molecule has 7 heteroatoms. The van der Waals surface area contributed by atoms with E-state index in [1.165, 1.54) is 4.31 Å². The average molecular weight is 338 g/mol. The summed E-state index contributed by atoms with van der Waals surface area (Å²) in [5.74, 6) is 0. The van der Waals surface area contributed by atoms with Crippen LogP contribution in [0.4, 0.5) is 0 Å². The molecule has 0 amide bonds. The largest absolute Gasteiger partial charge is 0.443 e.